The lowest BCUT2D eigenvalue weighted by Crippen LogP contribution is -2.26. The molecule has 2 N–H and O–H groups in total. The Morgan fingerprint density at radius 3 is 2.94 bits per heavy atom. The third-order valence-electron chi connectivity index (χ3n) is 3.61. The summed E-state index contributed by atoms with van der Waals surface area (Å²) >= 11 is 5.53. The van der Waals surface area contributed by atoms with Gasteiger partial charge >= 0.3 is 0 Å². The van der Waals surface area contributed by atoms with Crippen molar-refractivity contribution >= 4 is 33.4 Å². The maximum atomic E-state index is 5.87. The van der Waals surface area contributed by atoms with Gasteiger partial charge in [-0.1, -0.05) is 15.9 Å². The first-order valence-corrected chi connectivity index (χ1v) is 8.59. The van der Waals surface area contributed by atoms with Crippen LogP contribution in [0.15, 0.2) is 22.7 Å². The summed E-state index contributed by atoms with van der Waals surface area (Å²) in [5.41, 5.74) is 8.43. The van der Waals surface area contributed by atoms with E-state index in [4.69, 9.17) is 5.73 Å². The largest absolute Gasteiger partial charge is 0.371 e. The molecule has 1 aromatic carbocycles. The quantitative estimate of drug-likeness (QED) is 0.918. The molecule has 1 unspecified atom stereocenters. The SMILES string of the molecule is CSC1CCCN(c2ccc(Br)cc2CN)CC1. The highest BCUT2D eigenvalue weighted by molar-refractivity contribution is 9.10. The Hall–Kier alpha value is -0.190. The number of nitrogens with zero attached hydrogens (tertiary/aromatic N) is 1. The highest BCUT2D eigenvalue weighted by atomic mass is 79.9. The Bertz CT molecular complexity index is 397. The molecule has 1 aromatic rings. The molecule has 1 fully saturated rings. The fourth-order valence-corrected chi connectivity index (χ4v) is 3.72. The Morgan fingerprint density at radius 1 is 1.39 bits per heavy atom. The van der Waals surface area contributed by atoms with Gasteiger partial charge in [0.1, 0.15) is 0 Å². The van der Waals surface area contributed by atoms with Gasteiger partial charge in [-0.25, -0.2) is 0 Å². The fourth-order valence-electron chi connectivity index (χ4n) is 2.57. The Labute approximate surface area is 122 Å². The van der Waals surface area contributed by atoms with Gasteiger partial charge in [0, 0.05) is 35.0 Å². The van der Waals surface area contributed by atoms with E-state index in [1.807, 2.05) is 11.8 Å². The molecular weight excluding hydrogens is 308 g/mol. The van der Waals surface area contributed by atoms with Crippen molar-refractivity contribution in [3.63, 3.8) is 0 Å². The summed E-state index contributed by atoms with van der Waals surface area (Å²) in [5, 5.41) is 0.826. The van der Waals surface area contributed by atoms with Crippen LogP contribution in [0.1, 0.15) is 24.8 Å². The summed E-state index contributed by atoms with van der Waals surface area (Å²) in [5.74, 6) is 0. The second-order valence-electron chi connectivity index (χ2n) is 4.75. The average Bonchev–Trinajstić information content (AvgIpc) is 2.63. The summed E-state index contributed by atoms with van der Waals surface area (Å²) in [4.78, 5) is 2.50. The number of thioether (sulfide) groups is 1. The van der Waals surface area contributed by atoms with Crippen LogP contribution < -0.4 is 10.6 Å². The van der Waals surface area contributed by atoms with E-state index in [0.717, 1.165) is 22.8 Å². The monoisotopic (exact) mass is 328 g/mol. The molecule has 0 radical (unpaired) electrons. The molecule has 4 heteroatoms. The lowest BCUT2D eigenvalue weighted by atomic mass is 10.1. The minimum atomic E-state index is 0.608. The highest BCUT2D eigenvalue weighted by Gasteiger charge is 2.18. The smallest absolute Gasteiger partial charge is 0.0412 e. The fraction of sp³-hybridized carbons (Fsp3) is 0.571. The van der Waals surface area contributed by atoms with E-state index in [9.17, 15) is 0 Å². The zero-order chi connectivity index (χ0) is 13.0. The maximum Gasteiger partial charge on any atom is 0.0412 e. The summed E-state index contributed by atoms with van der Waals surface area (Å²) in [6.45, 7) is 2.92. The predicted molar refractivity (Wildman–Crippen MR) is 85.4 cm³/mol. The van der Waals surface area contributed by atoms with Crippen LogP contribution in [0.5, 0.6) is 0 Å². The van der Waals surface area contributed by atoms with Gasteiger partial charge in [0.05, 0.1) is 0 Å². The minimum absolute atomic E-state index is 0.608. The lowest BCUT2D eigenvalue weighted by Gasteiger charge is -2.25. The van der Waals surface area contributed by atoms with Crippen molar-refractivity contribution in [1.29, 1.82) is 0 Å². The van der Waals surface area contributed by atoms with Gasteiger partial charge in [0.25, 0.3) is 0 Å². The van der Waals surface area contributed by atoms with Gasteiger partial charge < -0.3 is 10.6 Å². The van der Waals surface area contributed by atoms with Crippen molar-refractivity contribution in [2.24, 2.45) is 5.73 Å². The van der Waals surface area contributed by atoms with E-state index < -0.39 is 0 Å². The van der Waals surface area contributed by atoms with Crippen LogP contribution >= 0.6 is 27.7 Å². The molecule has 1 saturated heterocycles. The zero-order valence-electron chi connectivity index (χ0n) is 10.9. The van der Waals surface area contributed by atoms with Gasteiger partial charge in [0.2, 0.25) is 0 Å². The van der Waals surface area contributed by atoms with Crippen molar-refractivity contribution in [2.45, 2.75) is 31.1 Å². The molecule has 1 aliphatic heterocycles. The first-order valence-electron chi connectivity index (χ1n) is 6.51. The van der Waals surface area contributed by atoms with Crippen molar-refractivity contribution in [3.05, 3.63) is 28.2 Å². The molecule has 0 aliphatic carbocycles. The van der Waals surface area contributed by atoms with E-state index in [0.29, 0.717) is 6.54 Å². The molecule has 0 aromatic heterocycles. The van der Waals surface area contributed by atoms with Crippen molar-refractivity contribution in [2.75, 3.05) is 24.2 Å². The van der Waals surface area contributed by atoms with E-state index in [-0.39, 0.29) is 0 Å². The number of hydrogen-bond acceptors (Lipinski definition) is 3. The molecule has 1 atom stereocenters. The van der Waals surface area contributed by atoms with Gasteiger partial charge in [-0.3, -0.25) is 0 Å². The molecule has 2 rings (SSSR count). The molecular formula is C14H21BrN2S. The van der Waals surface area contributed by atoms with Crippen LogP contribution in [0.2, 0.25) is 0 Å². The van der Waals surface area contributed by atoms with Crippen molar-refractivity contribution in [3.8, 4) is 0 Å². The van der Waals surface area contributed by atoms with Gasteiger partial charge in [-0.15, -0.1) is 0 Å². The Kier molecular flexibility index (Phi) is 5.39. The molecule has 1 heterocycles. The number of benzene rings is 1. The Morgan fingerprint density at radius 2 is 2.22 bits per heavy atom. The van der Waals surface area contributed by atoms with Gasteiger partial charge in [0.15, 0.2) is 0 Å². The molecule has 1 aliphatic rings. The zero-order valence-corrected chi connectivity index (χ0v) is 13.3. The lowest BCUT2D eigenvalue weighted by molar-refractivity contribution is 0.745. The van der Waals surface area contributed by atoms with Crippen LogP contribution in [-0.2, 0) is 6.54 Å². The highest BCUT2D eigenvalue weighted by Crippen LogP contribution is 2.28. The summed E-state index contributed by atoms with van der Waals surface area (Å²) in [6, 6.07) is 6.46. The molecule has 0 bridgehead atoms. The Balaban J connectivity index is 2.15. The molecule has 0 spiro atoms. The standard InChI is InChI=1S/C14H21BrN2S/c1-18-13-3-2-7-17(8-6-13)14-5-4-12(15)9-11(14)10-16/h4-5,9,13H,2-3,6-8,10,16H2,1H3. The molecule has 18 heavy (non-hydrogen) atoms. The average molecular weight is 329 g/mol. The van der Waals surface area contributed by atoms with Crippen LogP contribution in [-0.4, -0.2) is 24.6 Å². The van der Waals surface area contributed by atoms with Crippen LogP contribution in [0.4, 0.5) is 5.69 Å². The molecule has 0 saturated carbocycles. The number of nitrogens with two attached hydrogens (primary N) is 1. The van der Waals surface area contributed by atoms with Crippen LogP contribution in [0.3, 0.4) is 0 Å². The van der Waals surface area contributed by atoms with Crippen LogP contribution in [0, 0.1) is 0 Å². The molecule has 0 amide bonds. The van der Waals surface area contributed by atoms with E-state index in [2.05, 4.69) is 45.3 Å². The second kappa shape index (κ2) is 6.83. The van der Waals surface area contributed by atoms with Crippen molar-refractivity contribution < 1.29 is 0 Å². The summed E-state index contributed by atoms with van der Waals surface area (Å²) in [7, 11) is 0. The maximum absolute atomic E-state index is 5.87. The van der Waals surface area contributed by atoms with E-state index in [1.165, 1.54) is 30.5 Å². The van der Waals surface area contributed by atoms with Crippen LogP contribution in [0.25, 0.3) is 0 Å². The first kappa shape index (κ1) is 14.2. The first-order chi connectivity index (χ1) is 8.74. The third-order valence-corrected chi connectivity index (χ3v) is 5.24. The van der Waals surface area contributed by atoms with Gasteiger partial charge in [-0.05, 0) is 49.3 Å². The summed E-state index contributed by atoms with van der Waals surface area (Å²) in [6.07, 6.45) is 6.13. The second-order valence-corrected chi connectivity index (χ2v) is 6.81. The number of rotatable bonds is 3. The molecule has 2 nitrogen and oxygen atoms in total. The topological polar surface area (TPSA) is 29.3 Å². The van der Waals surface area contributed by atoms with Gasteiger partial charge in [-0.2, -0.15) is 11.8 Å². The van der Waals surface area contributed by atoms with E-state index >= 15 is 0 Å². The predicted octanol–water partition coefficient (Wildman–Crippen LogP) is 3.63. The van der Waals surface area contributed by atoms with E-state index in [1.54, 1.807) is 0 Å². The normalized spacial score (nSPS) is 20.8. The number of halogens is 1. The minimum Gasteiger partial charge on any atom is -0.371 e. The number of hydrogen-bond donors (Lipinski definition) is 1. The number of anilines is 1. The summed E-state index contributed by atoms with van der Waals surface area (Å²) < 4.78 is 1.11. The molecule has 100 valence electrons. The van der Waals surface area contributed by atoms with Crippen molar-refractivity contribution in [1.82, 2.24) is 0 Å². The third kappa shape index (κ3) is 3.43.